The molecule has 94 valence electrons. The minimum Gasteiger partial charge on any atom is -0.481 e. The molecule has 1 atom stereocenters. The number of carboxylic acid groups (broad SMARTS) is 1. The molecule has 0 radical (unpaired) electrons. The van der Waals surface area contributed by atoms with Gasteiger partial charge in [-0.3, -0.25) is 14.7 Å². The van der Waals surface area contributed by atoms with Crippen molar-refractivity contribution < 1.29 is 14.7 Å². The number of aliphatic carboxylic acids is 1. The highest BCUT2D eigenvalue weighted by Crippen LogP contribution is 2.19. The van der Waals surface area contributed by atoms with Gasteiger partial charge in [-0.25, -0.2) is 0 Å². The number of amides is 1. The molecule has 1 amide bonds. The smallest absolute Gasteiger partial charge is 0.311 e. The second kappa shape index (κ2) is 4.99. The molecule has 0 aliphatic heterocycles. The van der Waals surface area contributed by atoms with E-state index in [0.717, 1.165) is 5.69 Å². The standard InChI is InChI=1S/C11H17N3O3/c1-4-11(3,10(16)17)6-12-9(15)8-5-7(2)13-14-8/h5H,4,6H2,1-3H3,(H,12,15)(H,13,14)(H,16,17). The molecule has 6 nitrogen and oxygen atoms in total. The van der Waals surface area contributed by atoms with Crippen molar-refractivity contribution in [1.82, 2.24) is 15.5 Å². The van der Waals surface area contributed by atoms with Crippen LogP contribution in [0.25, 0.3) is 0 Å². The summed E-state index contributed by atoms with van der Waals surface area (Å²) in [5.41, 5.74) is 0.110. The van der Waals surface area contributed by atoms with Crippen LogP contribution in [0.2, 0.25) is 0 Å². The Morgan fingerprint density at radius 3 is 2.65 bits per heavy atom. The molecule has 0 saturated heterocycles. The van der Waals surface area contributed by atoms with Gasteiger partial charge in [-0.2, -0.15) is 5.10 Å². The van der Waals surface area contributed by atoms with E-state index in [-0.39, 0.29) is 18.1 Å². The van der Waals surface area contributed by atoms with Crippen LogP contribution in [0.1, 0.15) is 36.5 Å². The summed E-state index contributed by atoms with van der Waals surface area (Å²) in [4.78, 5) is 22.7. The fourth-order valence-electron chi connectivity index (χ4n) is 1.25. The first-order valence-electron chi connectivity index (χ1n) is 5.42. The number of aromatic nitrogens is 2. The van der Waals surface area contributed by atoms with Crippen molar-refractivity contribution >= 4 is 11.9 Å². The number of carboxylic acids is 1. The van der Waals surface area contributed by atoms with Crippen LogP contribution in [0, 0.1) is 12.3 Å². The van der Waals surface area contributed by atoms with Gasteiger partial charge in [0.2, 0.25) is 0 Å². The normalized spacial score (nSPS) is 14.1. The Morgan fingerprint density at radius 1 is 1.59 bits per heavy atom. The maximum atomic E-state index is 11.7. The molecule has 1 aromatic rings. The predicted octanol–water partition coefficient (Wildman–Crippen LogP) is 0.949. The lowest BCUT2D eigenvalue weighted by molar-refractivity contribution is -0.147. The van der Waals surface area contributed by atoms with Gasteiger partial charge in [-0.15, -0.1) is 0 Å². The Kier molecular flexibility index (Phi) is 3.88. The largest absolute Gasteiger partial charge is 0.481 e. The van der Waals surface area contributed by atoms with Gasteiger partial charge in [0.25, 0.3) is 5.91 Å². The van der Waals surface area contributed by atoms with Gasteiger partial charge in [0.15, 0.2) is 0 Å². The number of H-pyrrole nitrogens is 1. The second-order valence-corrected chi connectivity index (χ2v) is 4.34. The number of hydrogen-bond acceptors (Lipinski definition) is 3. The Morgan fingerprint density at radius 2 is 2.24 bits per heavy atom. The summed E-state index contributed by atoms with van der Waals surface area (Å²) in [6.45, 7) is 5.26. The number of aryl methyl sites for hydroxylation is 1. The maximum Gasteiger partial charge on any atom is 0.311 e. The Hall–Kier alpha value is -1.85. The van der Waals surface area contributed by atoms with E-state index in [1.54, 1.807) is 26.8 Å². The van der Waals surface area contributed by atoms with Crippen molar-refractivity contribution in [2.24, 2.45) is 5.41 Å². The molecular formula is C11H17N3O3. The molecule has 0 aliphatic carbocycles. The van der Waals surface area contributed by atoms with Crippen molar-refractivity contribution in [1.29, 1.82) is 0 Å². The minimum absolute atomic E-state index is 0.0869. The first-order chi connectivity index (χ1) is 7.89. The molecule has 0 aliphatic rings. The van der Waals surface area contributed by atoms with Crippen LogP contribution < -0.4 is 5.32 Å². The van der Waals surface area contributed by atoms with Gasteiger partial charge in [0, 0.05) is 12.2 Å². The third kappa shape index (κ3) is 3.05. The van der Waals surface area contributed by atoms with Gasteiger partial charge in [0.05, 0.1) is 5.41 Å². The highest BCUT2D eigenvalue weighted by atomic mass is 16.4. The summed E-state index contributed by atoms with van der Waals surface area (Å²) in [5, 5.41) is 18.1. The Balaban J connectivity index is 2.62. The molecule has 0 aromatic carbocycles. The summed E-state index contributed by atoms with van der Waals surface area (Å²) in [5.74, 6) is -1.28. The summed E-state index contributed by atoms with van der Waals surface area (Å²) in [7, 11) is 0. The predicted molar refractivity (Wildman–Crippen MR) is 61.7 cm³/mol. The van der Waals surface area contributed by atoms with Crippen molar-refractivity contribution in [3.05, 3.63) is 17.5 Å². The summed E-state index contributed by atoms with van der Waals surface area (Å²) >= 11 is 0. The van der Waals surface area contributed by atoms with Crippen LogP contribution in [0.3, 0.4) is 0 Å². The number of nitrogens with one attached hydrogen (secondary N) is 2. The van der Waals surface area contributed by atoms with Crippen LogP contribution >= 0.6 is 0 Å². The zero-order valence-electron chi connectivity index (χ0n) is 10.2. The molecule has 0 bridgehead atoms. The van der Waals surface area contributed by atoms with E-state index < -0.39 is 11.4 Å². The van der Waals surface area contributed by atoms with Crippen LogP contribution in [0.4, 0.5) is 0 Å². The average molecular weight is 239 g/mol. The molecule has 1 unspecified atom stereocenters. The van der Waals surface area contributed by atoms with E-state index in [1.807, 2.05) is 0 Å². The minimum atomic E-state index is -0.943. The molecule has 1 aromatic heterocycles. The van der Waals surface area contributed by atoms with E-state index in [0.29, 0.717) is 6.42 Å². The van der Waals surface area contributed by atoms with Crippen LogP contribution in [0.15, 0.2) is 6.07 Å². The van der Waals surface area contributed by atoms with Gasteiger partial charge in [0.1, 0.15) is 5.69 Å². The van der Waals surface area contributed by atoms with Crippen LogP contribution in [0.5, 0.6) is 0 Å². The van der Waals surface area contributed by atoms with Gasteiger partial charge >= 0.3 is 5.97 Å². The highest BCUT2D eigenvalue weighted by molar-refractivity contribution is 5.92. The molecule has 1 heterocycles. The molecular weight excluding hydrogens is 222 g/mol. The van der Waals surface area contributed by atoms with Crippen LogP contribution in [-0.4, -0.2) is 33.7 Å². The Bertz CT molecular complexity index is 427. The zero-order chi connectivity index (χ0) is 13.1. The summed E-state index contributed by atoms with van der Waals surface area (Å²) in [6, 6.07) is 1.61. The quantitative estimate of drug-likeness (QED) is 0.712. The van der Waals surface area contributed by atoms with E-state index in [4.69, 9.17) is 5.11 Å². The van der Waals surface area contributed by atoms with Crippen molar-refractivity contribution in [2.75, 3.05) is 6.54 Å². The number of carbonyl (C=O) groups is 2. The van der Waals surface area contributed by atoms with Gasteiger partial charge in [-0.05, 0) is 26.3 Å². The van der Waals surface area contributed by atoms with Crippen molar-refractivity contribution in [3.8, 4) is 0 Å². The first-order valence-corrected chi connectivity index (χ1v) is 5.42. The summed E-state index contributed by atoms with van der Waals surface area (Å²) in [6.07, 6.45) is 0.447. The lowest BCUT2D eigenvalue weighted by Crippen LogP contribution is -2.40. The fourth-order valence-corrected chi connectivity index (χ4v) is 1.25. The number of rotatable bonds is 5. The van der Waals surface area contributed by atoms with Gasteiger partial charge < -0.3 is 10.4 Å². The number of carbonyl (C=O) groups excluding carboxylic acids is 1. The van der Waals surface area contributed by atoms with E-state index in [2.05, 4.69) is 15.5 Å². The highest BCUT2D eigenvalue weighted by Gasteiger charge is 2.31. The van der Waals surface area contributed by atoms with Crippen molar-refractivity contribution in [3.63, 3.8) is 0 Å². The van der Waals surface area contributed by atoms with Crippen LogP contribution in [-0.2, 0) is 4.79 Å². The summed E-state index contributed by atoms with van der Waals surface area (Å²) < 4.78 is 0. The number of nitrogens with zero attached hydrogens (tertiary/aromatic N) is 1. The zero-order valence-corrected chi connectivity index (χ0v) is 10.2. The SMILES string of the molecule is CCC(C)(CNC(=O)c1cc(C)[nH]n1)C(=O)O. The lowest BCUT2D eigenvalue weighted by Gasteiger charge is -2.22. The third-order valence-electron chi connectivity index (χ3n) is 2.87. The third-order valence-corrected chi connectivity index (χ3v) is 2.87. The van der Waals surface area contributed by atoms with E-state index in [9.17, 15) is 9.59 Å². The molecule has 1 rings (SSSR count). The number of hydrogen-bond donors (Lipinski definition) is 3. The Labute approximate surface area is 99.4 Å². The molecule has 3 N–H and O–H groups in total. The van der Waals surface area contributed by atoms with Crippen molar-refractivity contribution in [2.45, 2.75) is 27.2 Å². The monoisotopic (exact) mass is 239 g/mol. The van der Waals surface area contributed by atoms with E-state index >= 15 is 0 Å². The molecule has 0 saturated carbocycles. The van der Waals surface area contributed by atoms with Gasteiger partial charge in [-0.1, -0.05) is 6.92 Å². The molecule has 0 spiro atoms. The fraction of sp³-hybridized carbons (Fsp3) is 0.545. The van der Waals surface area contributed by atoms with E-state index in [1.165, 1.54) is 0 Å². The number of aromatic amines is 1. The second-order valence-electron chi connectivity index (χ2n) is 4.34. The average Bonchev–Trinajstić information content (AvgIpc) is 2.72. The topological polar surface area (TPSA) is 95.1 Å². The molecule has 0 fully saturated rings. The first kappa shape index (κ1) is 13.2. The lowest BCUT2D eigenvalue weighted by atomic mass is 9.88. The molecule has 17 heavy (non-hydrogen) atoms. The molecule has 6 heteroatoms. The maximum absolute atomic E-state index is 11.7.